The molecule has 1 aliphatic rings. The van der Waals surface area contributed by atoms with Crippen LogP contribution in [0.4, 0.5) is 0 Å². The molecular formula is C10H19NO5. The van der Waals surface area contributed by atoms with Gasteiger partial charge in [0.1, 0.15) is 6.04 Å². The van der Waals surface area contributed by atoms with Crippen LogP contribution in [0, 0.1) is 0 Å². The first-order chi connectivity index (χ1) is 7.63. The van der Waals surface area contributed by atoms with Gasteiger partial charge in [-0.3, -0.25) is 9.69 Å². The number of ether oxygens (including phenoxy) is 3. The average Bonchev–Trinajstić information content (AvgIpc) is 2.68. The van der Waals surface area contributed by atoms with Crippen molar-refractivity contribution in [1.29, 1.82) is 0 Å². The molecule has 1 aliphatic heterocycles. The summed E-state index contributed by atoms with van der Waals surface area (Å²) in [5.41, 5.74) is 0. The summed E-state index contributed by atoms with van der Waals surface area (Å²) in [4.78, 5) is 12.9. The van der Waals surface area contributed by atoms with E-state index in [1.165, 1.54) is 7.11 Å². The Bertz CT molecular complexity index is 223. The van der Waals surface area contributed by atoms with Crippen molar-refractivity contribution in [2.45, 2.75) is 18.2 Å². The Hall–Kier alpha value is -0.690. The Morgan fingerprint density at radius 2 is 1.81 bits per heavy atom. The largest absolute Gasteiger partial charge is 0.480 e. The van der Waals surface area contributed by atoms with Gasteiger partial charge in [0.05, 0.1) is 18.8 Å². The molecule has 0 spiro atoms. The highest BCUT2D eigenvalue weighted by Crippen LogP contribution is 2.18. The minimum absolute atomic E-state index is 0.0799. The van der Waals surface area contributed by atoms with Crippen molar-refractivity contribution in [3.05, 3.63) is 0 Å². The number of carboxylic acids is 1. The summed E-state index contributed by atoms with van der Waals surface area (Å²) in [7, 11) is 4.70. The number of carbonyl (C=O) groups is 1. The lowest BCUT2D eigenvalue weighted by atomic mass is 10.3. The van der Waals surface area contributed by atoms with E-state index in [1.54, 1.807) is 14.2 Å². The Balaban J connectivity index is 2.63. The molecule has 1 fully saturated rings. The molecule has 0 saturated carbocycles. The second kappa shape index (κ2) is 6.15. The van der Waals surface area contributed by atoms with E-state index < -0.39 is 12.0 Å². The van der Waals surface area contributed by atoms with E-state index in [9.17, 15) is 4.79 Å². The van der Waals surface area contributed by atoms with Gasteiger partial charge in [-0.15, -0.1) is 0 Å². The molecule has 0 aliphatic carbocycles. The average molecular weight is 233 g/mol. The lowest BCUT2D eigenvalue weighted by molar-refractivity contribution is -0.145. The van der Waals surface area contributed by atoms with Gasteiger partial charge in [0.25, 0.3) is 0 Å². The van der Waals surface area contributed by atoms with Crippen molar-refractivity contribution in [2.24, 2.45) is 0 Å². The van der Waals surface area contributed by atoms with Gasteiger partial charge < -0.3 is 19.3 Å². The SMILES string of the molecule is COCC(C(=O)O)N1CC(OC)C(OC)C1. The molecule has 0 aromatic rings. The van der Waals surface area contributed by atoms with Crippen LogP contribution in [0.2, 0.25) is 0 Å². The Labute approximate surface area is 95.1 Å². The van der Waals surface area contributed by atoms with E-state index in [-0.39, 0.29) is 18.8 Å². The van der Waals surface area contributed by atoms with E-state index in [0.29, 0.717) is 13.1 Å². The van der Waals surface area contributed by atoms with E-state index in [2.05, 4.69) is 0 Å². The van der Waals surface area contributed by atoms with Gasteiger partial charge in [-0.1, -0.05) is 0 Å². The molecule has 16 heavy (non-hydrogen) atoms. The van der Waals surface area contributed by atoms with Crippen LogP contribution in [0.3, 0.4) is 0 Å². The van der Waals surface area contributed by atoms with E-state index in [4.69, 9.17) is 19.3 Å². The Morgan fingerprint density at radius 1 is 1.31 bits per heavy atom. The van der Waals surface area contributed by atoms with Crippen LogP contribution in [0.5, 0.6) is 0 Å². The number of aliphatic carboxylic acids is 1. The maximum Gasteiger partial charge on any atom is 0.323 e. The maximum absolute atomic E-state index is 11.1. The van der Waals surface area contributed by atoms with Crippen molar-refractivity contribution >= 4 is 5.97 Å². The summed E-state index contributed by atoms with van der Waals surface area (Å²) in [6.07, 6.45) is -0.160. The minimum atomic E-state index is -0.881. The van der Waals surface area contributed by atoms with E-state index in [0.717, 1.165) is 0 Å². The fourth-order valence-corrected chi connectivity index (χ4v) is 1.97. The highest BCUT2D eigenvalue weighted by atomic mass is 16.5. The second-order valence-corrected chi connectivity index (χ2v) is 3.81. The number of likely N-dealkylation sites (tertiary alicyclic amines) is 1. The Kier molecular flexibility index (Phi) is 5.14. The monoisotopic (exact) mass is 233 g/mol. The predicted octanol–water partition coefficient (Wildman–Crippen LogP) is -0.568. The first-order valence-electron chi connectivity index (χ1n) is 5.15. The summed E-state index contributed by atoms with van der Waals surface area (Å²) in [5.74, 6) is -0.881. The van der Waals surface area contributed by atoms with Gasteiger partial charge in [-0.2, -0.15) is 0 Å². The fourth-order valence-electron chi connectivity index (χ4n) is 1.97. The third kappa shape index (κ3) is 2.91. The predicted molar refractivity (Wildman–Crippen MR) is 56.5 cm³/mol. The highest BCUT2D eigenvalue weighted by molar-refractivity contribution is 5.73. The first kappa shape index (κ1) is 13.4. The molecule has 1 N–H and O–H groups in total. The third-order valence-electron chi connectivity index (χ3n) is 2.90. The van der Waals surface area contributed by atoms with Gasteiger partial charge in [-0.05, 0) is 0 Å². The number of methoxy groups -OCH3 is 3. The number of hydrogen-bond donors (Lipinski definition) is 1. The zero-order valence-corrected chi connectivity index (χ0v) is 9.88. The van der Waals surface area contributed by atoms with Crippen molar-refractivity contribution in [2.75, 3.05) is 41.0 Å². The quantitative estimate of drug-likeness (QED) is 0.662. The lowest BCUT2D eigenvalue weighted by Gasteiger charge is -2.22. The topological polar surface area (TPSA) is 68.2 Å². The summed E-state index contributed by atoms with van der Waals surface area (Å²) in [5, 5.41) is 9.08. The van der Waals surface area contributed by atoms with Crippen LogP contribution in [-0.2, 0) is 19.0 Å². The maximum atomic E-state index is 11.1. The molecule has 1 saturated heterocycles. The molecule has 0 aromatic heterocycles. The van der Waals surface area contributed by atoms with Crippen LogP contribution in [-0.4, -0.2) is 75.3 Å². The molecule has 0 bridgehead atoms. The Morgan fingerprint density at radius 3 is 2.12 bits per heavy atom. The highest BCUT2D eigenvalue weighted by Gasteiger charge is 2.38. The molecule has 3 atom stereocenters. The molecule has 0 aromatic carbocycles. The summed E-state index contributed by atoms with van der Waals surface area (Å²) >= 11 is 0. The standard InChI is InChI=1S/C10H19NO5/c1-14-6-7(10(12)13)11-4-8(15-2)9(5-11)16-3/h7-9H,4-6H2,1-3H3,(H,12,13). The second-order valence-electron chi connectivity index (χ2n) is 3.81. The van der Waals surface area contributed by atoms with Gasteiger partial charge in [0.2, 0.25) is 0 Å². The zero-order chi connectivity index (χ0) is 12.1. The zero-order valence-electron chi connectivity index (χ0n) is 9.88. The molecule has 6 heteroatoms. The number of rotatable bonds is 6. The smallest absolute Gasteiger partial charge is 0.323 e. The molecule has 1 heterocycles. The summed E-state index contributed by atoms with van der Waals surface area (Å²) in [6, 6.07) is -0.636. The molecule has 94 valence electrons. The van der Waals surface area contributed by atoms with Gasteiger partial charge >= 0.3 is 5.97 Å². The molecule has 1 rings (SSSR count). The van der Waals surface area contributed by atoms with Crippen LogP contribution >= 0.6 is 0 Å². The fraction of sp³-hybridized carbons (Fsp3) is 0.900. The number of hydrogen-bond acceptors (Lipinski definition) is 5. The van der Waals surface area contributed by atoms with E-state index in [1.807, 2.05) is 4.90 Å². The van der Waals surface area contributed by atoms with Gasteiger partial charge in [0.15, 0.2) is 0 Å². The van der Waals surface area contributed by atoms with Crippen LogP contribution in [0.15, 0.2) is 0 Å². The van der Waals surface area contributed by atoms with Crippen molar-refractivity contribution in [1.82, 2.24) is 4.90 Å². The first-order valence-corrected chi connectivity index (χ1v) is 5.15. The molecule has 0 amide bonds. The normalized spacial score (nSPS) is 28.2. The molecular weight excluding hydrogens is 214 g/mol. The molecule has 6 nitrogen and oxygen atoms in total. The lowest BCUT2D eigenvalue weighted by Crippen LogP contribution is -2.43. The number of nitrogens with zero attached hydrogens (tertiary/aromatic N) is 1. The van der Waals surface area contributed by atoms with Gasteiger partial charge in [-0.25, -0.2) is 0 Å². The molecule has 0 radical (unpaired) electrons. The third-order valence-corrected chi connectivity index (χ3v) is 2.90. The van der Waals surface area contributed by atoms with Crippen molar-refractivity contribution in [3.8, 4) is 0 Å². The van der Waals surface area contributed by atoms with Crippen LogP contribution in [0.25, 0.3) is 0 Å². The van der Waals surface area contributed by atoms with Crippen LogP contribution in [0.1, 0.15) is 0 Å². The van der Waals surface area contributed by atoms with E-state index >= 15 is 0 Å². The molecule has 3 unspecified atom stereocenters. The van der Waals surface area contributed by atoms with Crippen molar-refractivity contribution < 1.29 is 24.1 Å². The van der Waals surface area contributed by atoms with Gasteiger partial charge in [0, 0.05) is 34.4 Å². The minimum Gasteiger partial charge on any atom is -0.480 e. The van der Waals surface area contributed by atoms with Crippen LogP contribution < -0.4 is 0 Å². The van der Waals surface area contributed by atoms with Crippen molar-refractivity contribution in [3.63, 3.8) is 0 Å². The summed E-state index contributed by atoms with van der Waals surface area (Å²) < 4.78 is 15.4. The number of carboxylic acid groups (broad SMARTS) is 1. The summed E-state index contributed by atoms with van der Waals surface area (Å²) in [6.45, 7) is 1.27.